The van der Waals surface area contributed by atoms with E-state index < -0.39 is 5.76 Å². The van der Waals surface area contributed by atoms with Crippen LogP contribution in [0.2, 0.25) is 5.02 Å². The molecule has 0 aliphatic heterocycles. The number of aryl methyl sites for hydroxylation is 1. The van der Waals surface area contributed by atoms with Gasteiger partial charge in [-0.25, -0.2) is 4.79 Å². The van der Waals surface area contributed by atoms with Crippen molar-refractivity contribution in [1.29, 1.82) is 0 Å². The van der Waals surface area contributed by atoms with Crippen molar-refractivity contribution in [3.63, 3.8) is 0 Å². The number of benzene rings is 2. The Morgan fingerprint density at radius 1 is 1.11 bits per heavy atom. The molecule has 0 spiro atoms. The van der Waals surface area contributed by atoms with E-state index in [4.69, 9.17) is 16.0 Å². The number of aromatic nitrogens is 1. The first-order chi connectivity index (χ1) is 8.66. The number of halogens is 1. The first kappa shape index (κ1) is 11.1. The van der Waals surface area contributed by atoms with Crippen LogP contribution in [0.25, 0.3) is 22.2 Å². The number of nitrogens with zero attached hydrogens (tertiary/aromatic N) is 1. The zero-order valence-electron chi connectivity index (χ0n) is 9.68. The molecular formula is C14H10ClNO2. The largest absolute Gasteiger partial charge is 0.419 e. The highest BCUT2D eigenvalue weighted by Gasteiger charge is 2.11. The van der Waals surface area contributed by atoms with E-state index in [9.17, 15) is 4.79 Å². The fraction of sp³-hybridized carbons (Fsp3) is 0.0714. The van der Waals surface area contributed by atoms with Gasteiger partial charge >= 0.3 is 5.76 Å². The normalized spacial score (nSPS) is 11.0. The summed E-state index contributed by atoms with van der Waals surface area (Å²) in [7, 11) is 1.67. The van der Waals surface area contributed by atoms with Crippen LogP contribution in [-0.2, 0) is 7.05 Å². The van der Waals surface area contributed by atoms with Gasteiger partial charge in [-0.05, 0) is 23.3 Å². The molecular weight excluding hydrogens is 250 g/mol. The molecule has 0 bridgehead atoms. The Bertz CT molecular complexity index is 772. The minimum Gasteiger partial charge on any atom is -0.406 e. The van der Waals surface area contributed by atoms with Crippen LogP contribution in [-0.4, -0.2) is 4.57 Å². The lowest BCUT2D eigenvalue weighted by atomic mass is 10.1. The third-order valence-electron chi connectivity index (χ3n) is 2.96. The molecule has 3 rings (SSSR count). The van der Waals surface area contributed by atoms with E-state index in [1.54, 1.807) is 7.05 Å². The van der Waals surface area contributed by atoms with Crippen LogP contribution >= 0.6 is 11.6 Å². The van der Waals surface area contributed by atoms with Gasteiger partial charge in [0.25, 0.3) is 0 Å². The Kier molecular flexibility index (Phi) is 2.49. The Balaban J connectivity index is 2.34. The Hall–Kier alpha value is -2.00. The molecule has 0 aliphatic rings. The summed E-state index contributed by atoms with van der Waals surface area (Å²) >= 11 is 6.15. The molecule has 0 radical (unpaired) electrons. The Labute approximate surface area is 108 Å². The maximum atomic E-state index is 11.5. The summed E-state index contributed by atoms with van der Waals surface area (Å²) in [4.78, 5) is 11.5. The highest BCUT2D eigenvalue weighted by molar-refractivity contribution is 6.35. The molecule has 0 saturated heterocycles. The van der Waals surface area contributed by atoms with Crippen molar-refractivity contribution in [2.75, 3.05) is 0 Å². The van der Waals surface area contributed by atoms with Gasteiger partial charge in [-0.1, -0.05) is 41.9 Å². The summed E-state index contributed by atoms with van der Waals surface area (Å²) in [6, 6.07) is 13.6. The van der Waals surface area contributed by atoms with Crippen LogP contribution in [0.15, 0.2) is 51.7 Å². The van der Waals surface area contributed by atoms with Gasteiger partial charge in [-0.15, -0.1) is 0 Å². The van der Waals surface area contributed by atoms with E-state index in [2.05, 4.69) is 0 Å². The lowest BCUT2D eigenvalue weighted by molar-refractivity contribution is 0.528. The number of hydrogen-bond acceptors (Lipinski definition) is 2. The van der Waals surface area contributed by atoms with Crippen molar-refractivity contribution in [1.82, 2.24) is 4.57 Å². The van der Waals surface area contributed by atoms with E-state index in [1.807, 2.05) is 42.5 Å². The van der Waals surface area contributed by atoms with Gasteiger partial charge in [0.15, 0.2) is 5.58 Å². The summed E-state index contributed by atoms with van der Waals surface area (Å²) in [5, 5.41) is 0.448. The van der Waals surface area contributed by atoms with Crippen LogP contribution in [0.4, 0.5) is 0 Å². The molecule has 0 aliphatic carbocycles. The van der Waals surface area contributed by atoms with Crippen molar-refractivity contribution in [2.45, 2.75) is 0 Å². The predicted molar refractivity (Wildman–Crippen MR) is 71.9 cm³/mol. The maximum absolute atomic E-state index is 11.5. The highest BCUT2D eigenvalue weighted by Crippen LogP contribution is 2.29. The smallest absolute Gasteiger partial charge is 0.406 e. The van der Waals surface area contributed by atoms with E-state index in [0.717, 1.165) is 11.1 Å². The fourth-order valence-electron chi connectivity index (χ4n) is 1.98. The fourth-order valence-corrected chi connectivity index (χ4v) is 2.23. The van der Waals surface area contributed by atoms with Crippen molar-refractivity contribution in [3.8, 4) is 11.1 Å². The van der Waals surface area contributed by atoms with Crippen molar-refractivity contribution < 1.29 is 4.42 Å². The van der Waals surface area contributed by atoms with E-state index in [0.29, 0.717) is 16.1 Å². The van der Waals surface area contributed by atoms with Gasteiger partial charge in [0, 0.05) is 7.05 Å². The lowest BCUT2D eigenvalue weighted by Gasteiger charge is -2.03. The first-order valence-electron chi connectivity index (χ1n) is 5.51. The molecule has 4 heteroatoms. The lowest BCUT2D eigenvalue weighted by Crippen LogP contribution is -2.08. The molecule has 90 valence electrons. The second-order valence-electron chi connectivity index (χ2n) is 4.10. The van der Waals surface area contributed by atoms with Gasteiger partial charge in [0.05, 0.1) is 10.5 Å². The predicted octanol–water partition coefficient (Wildman–Crippen LogP) is 3.45. The zero-order valence-corrected chi connectivity index (χ0v) is 10.4. The maximum Gasteiger partial charge on any atom is 0.419 e. The average Bonchev–Trinajstić information content (AvgIpc) is 2.68. The van der Waals surface area contributed by atoms with Gasteiger partial charge in [0.2, 0.25) is 0 Å². The Morgan fingerprint density at radius 3 is 2.56 bits per heavy atom. The van der Waals surface area contributed by atoms with Crippen molar-refractivity contribution >= 4 is 22.7 Å². The standard InChI is InChI=1S/C14H10ClNO2/c1-16-12-8-10(9-5-3-2-4-6-9)7-11(15)13(12)18-14(16)17/h2-8H,1H3. The molecule has 0 atom stereocenters. The summed E-state index contributed by atoms with van der Waals surface area (Å²) in [6.07, 6.45) is 0. The molecule has 3 aromatic rings. The third kappa shape index (κ3) is 1.64. The molecule has 0 fully saturated rings. The topological polar surface area (TPSA) is 35.1 Å². The number of rotatable bonds is 1. The molecule has 3 nitrogen and oxygen atoms in total. The van der Waals surface area contributed by atoms with Crippen LogP contribution in [0.3, 0.4) is 0 Å². The second kappa shape index (κ2) is 4.03. The summed E-state index contributed by atoms with van der Waals surface area (Å²) < 4.78 is 6.55. The van der Waals surface area contributed by atoms with Gasteiger partial charge in [-0.2, -0.15) is 0 Å². The van der Waals surface area contributed by atoms with Gasteiger partial charge in [0.1, 0.15) is 0 Å². The van der Waals surface area contributed by atoms with Gasteiger partial charge in [-0.3, -0.25) is 4.57 Å². The SMILES string of the molecule is Cn1c(=O)oc2c(Cl)cc(-c3ccccc3)cc21. The summed E-state index contributed by atoms with van der Waals surface area (Å²) in [5.74, 6) is -0.405. The number of oxazole rings is 1. The number of fused-ring (bicyclic) bond motifs is 1. The van der Waals surface area contributed by atoms with Crippen LogP contribution in [0.5, 0.6) is 0 Å². The molecule has 0 unspecified atom stereocenters. The van der Waals surface area contributed by atoms with E-state index >= 15 is 0 Å². The van der Waals surface area contributed by atoms with Crippen molar-refractivity contribution in [2.24, 2.45) is 7.05 Å². The quantitative estimate of drug-likeness (QED) is 0.671. The Morgan fingerprint density at radius 2 is 1.83 bits per heavy atom. The van der Waals surface area contributed by atoms with Crippen LogP contribution in [0.1, 0.15) is 0 Å². The third-order valence-corrected chi connectivity index (χ3v) is 3.24. The van der Waals surface area contributed by atoms with Crippen molar-refractivity contribution in [3.05, 3.63) is 58.0 Å². The molecule has 1 aromatic heterocycles. The van der Waals surface area contributed by atoms with E-state index in [-0.39, 0.29) is 0 Å². The highest BCUT2D eigenvalue weighted by atomic mass is 35.5. The summed E-state index contributed by atoms with van der Waals surface area (Å²) in [5.41, 5.74) is 3.15. The minimum absolute atomic E-state index is 0.405. The molecule has 0 saturated carbocycles. The molecule has 0 N–H and O–H groups in total. The zero-order chi connectivity index (χ0) is 12.7. The average molecular weight is 260 g/mol. The summed E-state index contributed by atoms with van der Waals surface area (Å²) in [6.45, 7) is 0. The number of hydrogen-bond donors (Lipinski definition) is 0. The second-order valence-corrected chi connectivity index (χ2v) is 4.51. The van der Waals surface area contributed by atoms with Gasteiger partial charge < -0.3 is 4.42 Å². The van der Waals surface area contributed by atoms with E-state index in [1.165, 1.54) is 4.57 Å². The minimum atomic E-state index is -0.405. The van der Waals surface area contributed by atoms with Crippen LogP contribution in [0, 0.1) is 0 Å². The first-order valence-corrected chi connectivity index (χ1v) is 5.89. The van der Waals surface area contributed by atoms with Crippen LogP contribution < -0.4 is 5.76 Å². The molecule has 2 aromatic carbocycles. The molecule has 0 amide bonds. The molecule has 1 heterocycles. The monoisotopic (exact) mass is 259 g/mol. The molecule has 18 heavy (non-hydrogen) atoms.